The van der Waals surface area contributed by atoms with Crippen LogP contribution in [-0.2, 0) is 10.0 Å². The van der Waals surface area contributed by atoms with Gasteiger partial charge < -0.3 is 10.2 Å². The van der Waals surface area contributed by atoms with Gasteiger partial charge >= 0.3 is 5.97 Å². The predicted octanol–water partition coefficient (Wildman–Crippen LogP) is 0.173. The minimum Gasteiger partial charge on any atom is -0.478 e. The number of nitrogens with zero attached hydrogens (tertiary/aromatic N) is 2. The summed E-state index contributed by atoms with van der Waals surface area (Å²) in [5, 5.41) is 17.3. The highest BCUT2D eigenvalue weighted by Crippen LogP contribution is 2.13. The van der Waals surface area contributed by atoms with Gasteiger partial charge in [-0.05, 0) is 18.6 Å². The fourth-order valence-electron chi connectivity index (χ4n) is 1.49. The number of hydrogen-bond acceptors (Lipinski definition) is 5. The molecule has 1 aromatic heterocycles. The Bertz CT molecular complexity index is 527. The number of aromatic nitrogens is 1. The number of sulfonamides is 1. The number of rotatable bonds is 7. The molecule has 1 aromatic rings. The van der Waals surface area contributed by atoms with E-state index in [4.69, 9.17) is 10.2 Å². The minimum absolute atomic E-state index is 0.0719. The third kappa shape index (κ3) is 3.72. The fourth-order valence-corrected chi connectivity index (χ4v) is 2.89. The van der Waals surface area contributed by atoms with E-state index in [0.717, 1.165) is 6.20 Å². The lowest BCUT2D eigenvalue weighted by atomic mass is 10.3. The van der Waals surface area contributed by atoms with Crippen LogP contribution in [0.3, 0.4) is 0 Å². The van der Waals surface area contributed by atoms with Gasteiger partial charge in [-0.1, -0.05) is 6.92 Å². The van der Waals surface area contributed by atoms with Crippen molar-refractivity contribution in [1.82, 2.24) is 9.29 Å². The number of carboxylic acids is 1. The maximum atomic E-state index is 12.2. The zero-order valence-electron chi connectivity index (χ0n) is 10.5. The Kier molecular flexibility index (Phi) is 5.40. The van der Waals surface area contributed by atoms with E-state index in [-0.39, 0.29) is 30.3 Å². The lowest BCUT2D eigenvalue weighted by Crippen LogP contribution is -2.32. The van der Waals surface area contributed by atoms with Crippen LogP contribution < -0.4 is 0 Å². The monoisotopic (exact) mass is 288 g/mol. The minimum atomic E-state index is -3.75. The summed E-state index contributed by atoms with van der Waals surface area (Å²) in [5.74, 6) is -1.16. The van der Waals surface area contributed by atoms with E-state index < -0.39 is 16.0 Å². The van der Waals surface area contributed by atoms with Crippen molar-refractivity contribution in [3.63, 3.8) is 0 Å². The van der Waals surface area contributed by atoms with Gasteiger partial charge in [-0.25, -0.2) is 18.2 Å². The van der Waals surface area contributed by atoms with Crippen molar-refractivity contribution >= 4 is 16.0 Å². The molecular weight excluding hydrogens is 272 g/mol. The van der Waals surface area contributed by atoms with Gasteiger partial charge in [-0.15, -0.1) is 0 Å². The van der Waals surface area contributed by atoms with Crippen LogP contribution in [0.4, 0.5) is 0 Å². The third-order valence-electron chi connectivity index (χ3n) is 2.51. The quantitative estimate of drug-likeness (QED) is 0.740. The SMILES string of the molecule is CCN(CCCO)S(=O)(=O)c1ccc(C(=O)O)cn1. The van der Waals surface area contributed by atoms with Gasteiger partial charge in [-0.3, -0.25) is 0 Å². The molecule has 0 fully saturated rings. The summed E-state index contributed by atoms with van der Waals surface area (Å²) in [6.45, 7) is 2.03. The Morgan fingerprint density at radius 2 is 2.11 bits per heavy atom. The van der Waals surface area contributed by atoms with Crippen LogP contribution in [0, 0.1) is 0 Å². The van der Waals surface area contributed by atoms with Gasteiger partial charge in [0.2, 0.25) is 0 Å². The van der Waals surface area contributed by atoms with E-state index >= 15 is 0 Å². The molecule has 0 atom stereocenters. The van der Waals surface area contributed by atoms with Crippen molar-refractivity contribution in [1.29, 1.82) is 0 Å². The zero-order chi connectivity index (χ0) is 14.5. The van der Waals surface area contributed by atoms with E-state index in [1.165, 1.54) is 16.4 Å². The highest BCUT2D eigenvalue weighted by Gasteiger charge is 2.24. The average Bonchev–Trinajstić information content (AvgIpc) is 2.39. The Morgan fingerprint density at radius 1 is 1.42 bits per heavy atom. The van der Waals surface area contributed by atoms with Crippen molar-refractivity contribution in [3.8, 4) is 0 Å². The van der Waals surface area contributed by atoms with Crippen LogP contribution in [0.25, 0.3) is 0 Å². The molecule has 106 valence electrons. The highest BCUT2D eigenvalue weighted by molar-refractivity contribution is 7.89. The molecule has 0 radical (unpaired) electrons. The van der Waals surface area contributed by atoms with Crippen LogP contribution in [-0.4, -0.2) is 53.6 Å². The number of hydrogen-bond donors (Lipinski definition) is 2. The molecule has 2 N–H and O–H groups in total. The molecule has 19 heavy (non-hydrogen) atoms. The van der Waals surface area contributed by atoms with Crippen molar-refractivity contribution in [2.75, 3.05) is 19.7 Å². The lowest BCUT2D eigenvalue weighted by molar-refractivity contribution is 0.0696. The largest absolute Gasteiger partial charge is 0.478 e. The number of pyridine rings is 1. The highest BCUT2D eigenvalue weighted by atomic mass is 32.2. The lowest BCUT2D eigenvalue weighted by Gasteiger charge is -2.19. The molecule has 0 aliphatic carbocycles. The van der Waals surface area contributed by atoms with Gasteiger partial charge in [0.05, 0.1) is 5.56 Å². The molecule has 0 unspecified atom stereocenters. The van der Waals surface area contributed by atoms with Crippen LogP contribution in [0.2, 0.25) is 0 Å². The predicted molar refractivity (Wildman–Crippen MR) is 67.3 cm³/mol. The topological polar surface area (TPSA) is 108 Å². The number of aliphatic hydroxyl groups is 1. The smallest absolute Gasteiger partial charge is 0.337 e. The second-order valence-corrected chi connectivity index (χ2v) is 5.65. The molecule has 0 saturated heterocycles. The maximum absolute atomic E-state index is 12.2. The van der Waals surface area contributed by atoms with Crippen molar-refractivity contribution in [2.45, 2.75) is 18.4 Å². The molecule has 1 heterocycles. The molecule has 7 nitrogen and oxygen atoms in total. The molecule has 0 aliphatic rings. The van der Waals surface area contributed by atoms with E-state index in [2.05, 4.69) is 4.98 Å². The molecule has 0 aliphatic heterocycles. The van der Waals surface area contributed by atoms with E-state index in [1.54, 1.807) is 6.92 Å². The first-order valence-electron chi connectivity index (χ1n) is 5.73. The maximum Gasteiger partial charge on any atom is 0.337 e. The van der Waals surface area contributed by atoms with Crippen LogP contribution in [0.5, 0.6) is 0 Å². The first kappa shape index (κ1) is 15.5. The normalized spacial score (nSPS) is 11.7. The average molecular weight is 288 g/mol. The Labute approximate surface area is 111 Å². The molecule has 1 rings (SSSR count). The van der Waals surface area contributed by atoms with Gasteiger partial charge in [0.15, 0.2) is 5.03 Å². The van der Waals surface area contributed by atoms with Gasteiger partial charge in [-0.2, -0.15) is 4.31 Å². The van der Waals surface area contributed by atoms with Crippen LogP contribution in [0.15, 0.2) is 23.4 Å². The standard InChI is InChI=1S/C11H16N2O5S/c1-2-13(6-3-7-14)19(17,18)10-5-4-9(8-12-10)11(15)16/h4-5,8,14H,2-3,6-7H2,1H3,(H,15,16). The van der Waals surface area contributed by atoms with E-state index in [0.29, 0.717) is 6.42 Å². The Morgan fingerprint density at radius 3 is 2.53 bits per heavy atom. The number of aromatic carboxylic acids is 1. The molecule has 0 amide bonds. The van der Waals surface area contributed by atoms with Crippen molar-refractivity contribution in [2.24, 2.45) is 0 Å². The van der Waals surface area contributed by atoms with Gasteiger partial charge in [0.1, 0.15) is 0 Å². The summed E-state index contributed by atoms with van der Waals surface area (Å²) in [5.41, 5.74) is -0.0719. The summed E-state index contributed by atoms with van der Waals surface area (Å²) in [6, 6.07) is 2.36. The van der Waals surface area contributed by atoms with Gasteiger partial charge in [0.25, 0.3) is 10.0 Å². The third-order valence-corrected chi connectivity index (χ3v) is 4.40. The first-order chi connectivity index (χ1) is 8.93. The van der Waals surface area contributed by atoms with E-state index in [1.807, 2.05) is 0 Å². The molecule has 0 saturated carbocycles. The molecular formula is C11H16N2O5S. The van der Waals surface area contributed by atoms with Crippen molar-refractivity contribution < 1.29 is 23.4 Å². The summed E-state index contributed by atoms with van der Waals surface area (Å²) < 4.78 is 25.6. The van der Waals surface area contributed by atoms with E-state index in [9.17, 15) is 13.2 Å². The summed E-state index contributed by atoms with van der Waals surface area (Å²) in [6.07, 6.45) is 1.34. The number of carbonyl (C=O) groups is 1. The van der Waals surface area contributed by atoms with Crippen LogP contribution >= 0.6 is 0 Å². The van der Waals surface area contributed by atoms with Crippen LogP contribution in [0.1, 0.15) is 23.7 Å². The first-order valence-corrected chi connectivity index (χ1v) is 7.17. The number of carboxylic acid groups (broad SMARTS) is 1. The number of aliphatic hydroxyl groups excluding tert-OH is 1. The summed E-state index contributed by atoms with van der Waals surface area (Å²) >= 11 is 0. The second-order valence-electron chi connectivity index (χ2n) is 3.76. The second kappa shape index (κ2) is 6.60. The summed E-state index contributed by atoms with van der Waals surface area (Å²) in [4.78, 5) is 14.3. The zero-order valence-corrected chi connectivity index (χ0v) is 11.3. The molecule has 0 spiro atoms. The molecule has 0 aromatic carbocycles. The summed E-state index contributed by atoms with van der Waals surface area (Å²) in [7, 11) is -3.75. The Balaban J connectivity index is 3.01. The molecule has 0 bridgehead atoms. The molecule has 8 heteroatoms. The Hall–Kier alpha value is -1.51. The fraction of sp³-hybridized carbons (Fsp3) is 0.455. The van der Waals surface area contributed by atoms with Crippen molar-refractivity contribution in [3.05, 3.63) is 23.9 Å². The van der Waals surface area contributed by atoms with Gasteiger partial charge in [0, 0.05) is 25.9 Å².